The highest BCUT2D eigenvalue weighted by atomic mass is 16.5. The standard InChI is InChI=1S/C16H24N2O2/c1-3-15-11-14(9-10-20-15)18-13-7-5-12(6-8-13)16(19)17-4-2/h5-8,14-15,18H,3-4,9-11H2,1-2H3,(H,17,19). The third-order valence-electron chi connectivity index (χ3n) is 3.68. The molecule has 0 radical (unpaired) electrons. The van der Waals surface area contributed by atoms with E-state index in [2.05, 4.69) is 17.6 Å². The van der Waals surface area contributed by atoms with E-state index in [0.29, 0.717) is 24.3 Å². The van der Waals surface area contributed by atoms with Gasteiger partial charge in [-0.05, 0) is 50.5 Å². The maximum Gasteiger partial charge on any atom is 0.251 e. The summed E-state index contributed by atoms with van der Waals surface area (Å²) in [7, 11) is 0. The first-order chi connectivity index (χ1) is 9.72. The van der Waals surface area contributed by atoms with Crippen molar-refractivity contribution in [2.24, 2.45) is 0 Å². The van der Waals surface area contributed by atoms with Crippen LogP contribution in [-0.2, 0) is 4.74 Å². The van der Waals surface area contributed by atoms with Gasteiger partial charge in [-0.1, -0.05) is 6.92 Å². The van der Waals surface area contributed by atoms with Crippen LogP contribution in [-0.4, -0.2) is 31.2 Å². The van der Waals surface area contributed by atoms with Crippen molar-refractivity contribution in [2.45, 2.75) is 45.3 Å². The van der Waals surface area contributed by atoms with Gasteiger partial charge in [-0.25, -0.2) is 0 Å². The largest absolute Gasteiger partial charge is 0.382 e. The summed E-state index contributed by atoms with van der Waals surface area (Å²) < 4.78 is 5.68. The van der Waals surface area contributed by atoms with E-state index in [1.54, 1.807) is 0 Å². The first kappa shape index (κ1) is 14.9. The molecule has 0 spiro atoms. The van der Waals surface area contributed by atoms with Crippen molar-refractivity contribution < 1.29 is 9.53 Å². The zero-order valence-corrected chi connectivity index (χ0v) is 12.3. The number of amides is 1. The van der Waals surface area contributed by atoms with Crippen LogP contribution in [0.25, 0.3) is 0 Å². The smallest absolute Gasteiger partial charge is 0.251 e. The summed E-state index contributed by atoms with van der Waals surface area (Å²) in [4.78, 5) is 11.7. The summed E-state index contributed by atoms with van der Waals surface area (Å²) in [5.74, 6) is -0.0174. The molecule has 2 N–H and O–H groups in total. The van der Waals surface area contributed by atoms with Gasteiger partial charge in [-0.3, -0.25) is 4.79 Å². The normalized spacial score (nSPS) is 22.3. The minimum absolute atomic E-state index is 0.0174. The summed E-state index contributed by atoms with van der Waals surface area (Å²) in [6.07, 6.45) is 3.52. The van der Waals surface area contributed by atoms with Crippen LogP contribution in [0, 0.1) is 0 Å². The van der Waals surface area contributed by atoms with E-state index in [1.165, 1.54) is 0 Å². The third-order valence-corrected chi connectivity index (χ3v) is 3.68. The first-order valence-corrected chi connectivity index (χ1v) is 7.49. The van der Waals surface area contributed by atoms with Gasteiger partial charge in [0.25, 0.3) is 5.91 Å². The Bertz CT molecular complexity index is 431. The molecule has 4 nitrogen and oxygen atoms in total. The van der Waals surface area contributed by atoms with E-state index in [0.717, 1.165) is 31.6 Å². The van der Waals surface area contributed by atoms with Crippen molar-refractivity contribution >= 4 is 11.6 Å². The van der Waals surface area contributed by atoms with E-state index in [9.17, 15) is 4.79 Å². The molecule has 1 amide bonds. The molecule has 1 aromatic rings. The molecule has 2 rings (SSSR count). The van der Waals surface area contributed by atoms with E-state index in [1.807, 2.05) is 31.2 Å². The average molecular weight is 276 g/mol. The number of nitrogens with one attached hydrogen (secondary N) is 2. The Kier molecular flexibility index (Phi) is 5.41. The molecule has 0 aromatic heterocycles. The molecule has 1 aliphatic heterocycles. The minimum Gasteiger partial charge on any atom is -0.382 e. The Morgan fingerprint density at radius 3 is 2.70 bits per heavy atom. The van der Waals surface area contributed by atoms with Crippen LogP contribution in [0.15, 0.2) is 24.3 Å². The van der Waals surface area contributed by atoms with Gasteiger partial charge in [-0.15, -0.1) is 0 Å². The second kappa shape index (κ2) is 7.29. The fraction of sp³-hybridized carbons (Fsp3) is 0.562. The highest BCUT2D eigenvalue weighted by Gasteiger charge is 2.20. The molecule has 1 heterocycles. The fourth-order valence-electron chi connectivity index (χ4n) is 2.51. The molecule has 1 fully saturated rings. The van der Waals surface area contributed by atoms with Crippen molar-refractivity contribution in [1.82, 2.24) is 5.32 Å². The molecule has 2 unspecified atom stereocenters. The molecule has 4 heteroatoms. The molecule has 1 aromatic carbocycles. The van der Waals surface area contributed by atoms with Crippen molar-refractivity contribution in [3.05, 3.63) is 29.8 Å². The lowest BCUT2D eigenvalue weighted by molar-refractivity contribution is 0.00925. The Balaban J connectivity index is 1.91. The monoisotopic (exact) mass is 276 g/mol. The zero-order chi connectivity index (χ0) is 14.4. The van der Waals surface area contributed by atoms with E-state index in [-0.39, 0.29) is 5.91 Å². The topological polar surface area (TPSA) is 50.4 Å². The zero-order valence-electron chi connectivity index (χ0n) is 12.3. The van der Waals surface area contributed by atoms with Gasteiger partial charge in [0.05, 0.1) is 6.10 Å². The van der Waals surface area contributed by atoms with Crippen LogP contribution in [0.5, 0.6) is 0 Å². The molecule has 2 atom stereocenters. The van der Waals surface area contributed by atoms with Crippen LogP contribution in [0.3, 0.4) is 0 Å². The lowest BCUT2D eigenvalue weighted by Gasteiger charge is -2.30. The highest BCUT2D eigenvalue weighted by Crippen LogP contribution is 2.20. The molecular formula is C16H24N2O2. The van der Waals surface area contributed by atoms with Crippen LogP contribution in [0.4, 0.5) is 5.69 Å². The Morgan fingerprint density at radius 1 is 1.30 bits per heavy atom. The maximum atomic E-state index is 11.7. The number of ether oxygens (including phenoxy) is 1. The minimum atomic E-state index is -0.0174. The Morgan fingerprint density at radius 2 is 2.05 bits per heavy atom. The average Bonchev–Trinajstić information content (AvgIpc) is 2.48. The van der Waals surface area contributed by atoms with Gasteiger partial charge in [0.15, 0.2) is 0 Å². The summed E-state index contributed by atoms with van der Waals surface area (Å²) in [5.41, 5.74) is 1.77. The van der Waals surface area contributed by atoms with Gasteiger partial charge < -0.3 is 15.4 Å². The van der Waals surface area contributed by atoms with Crippen molar-refractivity contribution in [2.75, 3.05) is 18.5 Å². The van der Waals surface area contributed by atoms with Crippen LogP contribution in [0.2, 0.25) is 0 Å². The predicted molar refractivity (Wildman–Crippen MR) is 81.1 cm³/mol. The summed E-state index contributed by atoms with van der Waals surface area (Å²) in [6, 6.07) is 8.14. The number of anilines is 1. The van der Waals surface area contributed by atoms with Crippen LogP contribution < -0.4 is 10.6 Å². The molecule has 110 valence electrons. The summed E-state index contributed by atoms with van der Waals surface area (Å²) in [6.45, 7) is 5.56. The fourth-order valence-corrected chi connectivity index (χ4v) is 2.51. The molecule has 0 bridgehead atoms. The van der Waals surface area contributed by atoms with Gasteiger partial charge >= 0.3 is 0 Å². The Hall–Kier alpha value is -1.55. The van der Waals surface area contributed by atoms with Gasteiger partial charge in [0.1, 0.15) is 0 Å². The number of carbonyl (C=O) groups is 1. The van der Waals surface area contributed by atoms with Gasteiger partial charge in [0.2, 0.25) is 0 Å². The van der Waals surface area contributed by atoms with Crippen molar-refractivity contribution in [3.8, 4) is 0 Å². The number of benzene rings is 1. The van der Waals surface area contributed by atoms with Crippen molar-refractivity contribution in [3.63, 3.8) is 0 Å². The summed E-state index contributed by atoms with van der Waals surface area (Å²) in [5, 5.41) is 6.33. The first-order valence-electron chi connectivity index (χ1n) is 7.49. The predicted octanol–water partition coefficient (Wildman–Crippen LogP) is 2.81. The number of hydrogen-bond acceptors (Lipinski definition) is 3. The molecule has 1 aliphatic rings. The number of rotatable bonds is 5. The number of hydrogen-bond donors (Lipinski definition) is 2. The molecule has 1 saturated heterocycles. The Labute approximate surface area is 120 Å². The van der Waals surface area contributed by atoms with E-state index < -0.39 is 0 Å². The second-order valence-electron chi connectivity index (χ2n) is 5.20. The molecular weight excluding hydrogens is 252 g/mol. The van der Waals surface area contributed by atoms with Crippen LogP contribution >= 0.6 is 0 Å². The third kappa shape index (κ3) is 3.97. The SMILES string of the molecule is CCNC(=O)c1ccc(NC2CCOC(CC)C2)cc1. The van der Waals surface area contributed by atoms with Crippen molar-refractivity contribution in [1.29, 1.82) is 0 Å². The van der Waals surface area contributed by atoms with E-state index in [4.69, 9.17) is 4.74 Å². The second-order valence-corrected chi connectivity index (χ2v) is 5.20. The lowest BCUT2D eigenvalue weighted by Crippen LogP contribution is -2.33. The maximum absolute atomic E-state index is 11.7. The molecule has 0 aliphatic carbocycles. The highest BCUT2D eigenvalue weighted by molar-refractivity contribution is 5.94. The van der Waals surface area contributed by atoms with Gasteiger partial charge in [0, 0.05) is 30.4 Å². The van der Waals surface area contributed by atoms with Crippen LogP contribution in [0.1, 0.15) is 43.5 Å². The summed E-state index contributed by atoms with van der Waals surface area (Å²) >= 11 is 0. The lowest BCUT2D eigenvalue weighted by atomic mass is 10.0. The number of carbonyl (C=O) groups excluding carboxylic acids is 1. The quantitative estimate of drug-likeness (QED) is 0.869. The molecule has 20 heavy (non-hydrogen) atoms. The van der Waals surface area contributed by atoms with E-state index >= 15 is 0 Å². The van der Waals surface area contributed by atoms with Gasteiger partial charge in [-0.2, -0.15) is 0 Å². The molecule has 0 saturated carbocycles.